The average Bonchev–Trinajstić information content (AvgIpc) is 2.85. The zero-order chi connectivity index (χ0) is 16.8. The topological polar surface area (TPSA) is 62.9 Å². The van der Waals surface area contributed by atoms with E-state index in [1.54, 1.807) is 44.2 Å². The fourth-order valence-electron chi connectivity index (χ4n) is 2.63. The van der Waals surface area contributed by atoms with E-state index in [0.717, 1.165) is 3.97 Å². The molecule has 0 fully saturated rings. The Morgan fingerprint density at radius 2 is 1.78 bits per heavy atom. The Balaban J connectivity index is 2.35. The molecule has 0 aliphatic heterocycles. The quantitative estimate of drug-likeness (QED) is 0.744. The first-order chi connectivity index (χ1) is 10.8. The lowest BCUT2D eigenvalue weighted by Crippen LogP contribution is -2.15. The monoisotopic (exact) mass is 330 g/mol. The van der Waals surface area contributed by atoms with E-state index in [4.69, 9.17) is 5.41 Å². The molecule has 0 aliphatic rings. The van der Waals surface area contributed by atoms with E-state index >= 15 is 0 Å². The van der Waals surface area contributed by atoms with Crippen LogP contribution in [-0.4, -0.2) is 18.1 Å². The van der Waals surface area contributed by atoms with Crippen LogP contribution in [0.5, 0.6) is 0 Å². The number of rotatable bonds is 3. The summed E-state index contributed by atoms with van der Waals surface area (Å²) in [6, 6.07) is 12.4. The first-order valence-corrected chi connectivity index (χ1v) is 8.44. The first-order valence-electron chi connectivity index (χ1n) is 7.00. The predicted octanol–water partition coefficient (Wildman–Crippen LogP) is 3.71. The van der Waals surface area contributed by atoms with E-state index in [1.165, 1.54) is 18.2 Å². The Kier molecular flexibility index (Phi) is 3.56. The lowest BCUT2D eigenvalue weighted by Gasteiger charge is -2.11. The van der Waals surface area contributed by atoms with Gasteiger partial charge in [0.2, 0.25) is 0 Å². The summed E-state index contributed by atoms with van der Waals surface area (Å²) in [6.07, 6.45) is 0. The Labute approximate surface area is 133 Å². The van der Waals surface area contributed by atoms with Crippen LogP contribution in [0.3, 0.4) is 0 Å². The number of aromatic nitrogens is 1. The molecule has 3 aromatic rings. The second-order valence-electron chi connectivity index (χ2n) is 5.39. The van der Waals surface area contributed by atoms with Crippen molar-refractivity contribution >= 4 is 26.6 Å². The third-order valence-electron chi connectivity index (χ3n) is 3.70. The molecule has 2 aromatic carbocycles. The Hall–Kier alpha value is -2.47. The summed E-state index contributed by atoms with van der Waals surface area (Å²) in [5.74, 6) is -0.656. The number of nitrogens with one attached hydrogen (secondary N) is 1. The summed E-state index contributed by atoms with van der Waals surface area (Å²) in [4.78, 5) is 0.104. The van der Waals surface area contributed by atoms with Crippen LogP contribution in [0.4, 0.5) is 4.39 Å². The van der Waals surface area contributed by atoms with E-state index in [9.17, 15) is 12.8 Å². The van der Waals surface area contributed by atoms with Crippen LogP contribution in [0.2, 0.25) is 0 Å². The number of aryl methyl sites for hydroxylation is 1. The zero-order valence-corrected chi connectivity index (χ0v) is 13.5. The molecule has 0 spiro atoms. The van der Waals surface area contributed by atoms with Gasteiger partial charge in [-0.15, -0.1) is 0 Å². The minimum absolute atomic E-state index is 0.0105. The number of hydrogen-bond acceptors (Lipinski definition) is 3. The zero-order valence-electron chi connectivity index (χ0n) is 12.7. The fraction of sp³-hybridized carbons (Fsp3) is 0.118. The molecule has 4 nitrogen and oxygen atoms in total. The number of halogens is 1. The molecule has 23 heavy (non-hydrogen) atoms. The molecule has 0 saturated carbocycles. The number of hydrogen-bond donors (Lipinski definition) is 1. The molecule has 118 valence electrons. The summed E-state index contributed by atoms with van der Waals surface area (Å²) in [7, 11) is -3.89. The molecule has 6 heteroatoms. The van der Waals surface area contributed by atoms with Gasteiger partial charge in [-0.05, 0) is 49.7 Å². The van der Waals surface area contributed by atoms with Crippen molar-refractivity contribution in [3.8, 4) is 0 Å². The predicted molar refractivity (Wildman–Crippen MR) is 88.2 cm³/mol. The Morgan fingerprint density at radius 3 is 2.39 bits per heavy atom. The third-order valence-corrected chi connectivity index (χ3v) is 5.51. The minimum atomic E-state index is -3.89. The molecular weight excluding hydrogens is 315 g/mol. The maximum Gasteiger partial charge on any atom is 0.268 e. The molecule has 0 radical (unpaired) electrons. The van der Waals surface area contributed by atoms with Crippen molar-refractivity contribution in [3.05, 3.63) is 65.6 Å². The van der Waals surface area contributed by atoms with Crippen LogP contribution in [0.15, 0.2) is 53.4 Å². The van der Waals surface area contributed by atoms with Gasteiger partial charge in [0, 0.05) is 16.8 Å². The van der Waals surface area contributed by atoms with Gasteiger partial charge in [0.05, 0.1) is 4.90 Å². The fourth-order valence-corrected chi connectivity index (χ4v) is 4.21. The van der Waals surface area contributed by atoms with Crippen LogP contribution in [0.1, 0.15) is 18.2 Å². The van der Waals surface area contributed by atoms with Gasteiger partial charge in [-0.2, -0.15) is 0 Å². The van der Waals surface area contributed by atoms with E-state index in [1.807, 2.05) is 0 Å². The van der Waals surface area contributed by atoms with Crippen LogP contribution in [0.25, 0.3) is 10.9 Å². The molecule has 1 heterocycles. The van der Waals surface area contributed by atoms with Crippen molar-refractivity contribution in [2.24, 2.45) is 0 Å². The van der Waals surface area contributed by atoms with Crippen molar-refractivity contribution in [1.29, 1.82) is 5.41 Å². The van der Waals surface area contributed by atoms with Crippen LogP contribution >= 0.6 is 0 Å². The van der Waals surface area contributed by atoms with Crippen molar-refractivity contribution in [2.75, 3.05) is 0 Å². The van der Waals surface area contributed by atoms with Crippen molar-refractivity contribution in [1.82, 2.24) is 3.97 Å². The SMILES string of the molecule is CC(=N)c1cc(F)c2c(c1)cc(C)n2S(=O)(=O)c1ccccc1. The van der Waals surface area contributed by atoms with Gasteiger partial charge in [-0.1, -0.05) is 18.2 Å². The lowest BCUT2D eigenvalue weighted by molar-refractivity contribution is 0.585. The van der Waals surface area contributed by atoms with E-state index in [2.05, 4.69) is 0 Å². The highest BCUT2D eigenvalue weighted by Gasteiger charge is 2.23. The molecule has 0 saturated heterocycles. The molecule has 0 amide bonds. The largest absolute Gasteiger partial charge is 0.305 e. The van der Waals surface area contributed by atoms with Gasteiger partial charge in [0.25, 0.3) is 10.0 Å². The lowest BCUT2D eigenvalue weighted by atomic mass is 10.1. The molecule has 0 atom stereocenters. The van der Waals surface area contributed by atoms with Gasteiger partial charge in [0.1, 0.15) is 11.3 Å². The number of fused-ring (bicyclic) bond motifs is 1. The highest BCUT2D eigenvalue weighted by Crippen LogP contribution is 2.28. The van der Waals surface area contributed by atoms with Gasteiger partial charge in [-0.25, -0.2) is 16.8 Å². The summed E-state index contributed by atoms with van der Waals surface area (Å²) in [6.45, 7) is 3.18. The van der Waals surface area contributed by atoms with E-state index < -0.39 is 15.8 Å². The van der Waals surface area contributed by atoms with Crippen molar-refractivity contribution < 1.29 is 12.8 Å². The van der Waals surface area contributed by atoms with E-state index in [-0.39, 0.29) is 16.1 Å². The highest BCUT2D eigenvalue weighted by molar-refractivity contribution is 7.90. The van der Waals surface area contributed by atoms with E-state index in [0.29, 0.717) is 16.6 Å². The minimum Gasteiger partial charge on any atom is -0.305 e. The second-order valence-corrected chi connectivity index (χ2v) is 7.18. The molecule has 1 aromatic heterocycles. The smallest absolute Gasteiger partial charge is 0.268 e. The summed E-state index contributed by atoms with van der Waals surface area (Å²) < 4.78 is 41.3. The average molecular weight is 330 g/mol. The summed E-state index contributed by atoms with van der Waals surface area (Å²) in [5.41, 5.74) is 1.09. The van der Waals surface area contributed by atoms with Gasteiger partial charge < -0.3 is 5.41 Å². The van der Waals surface area contributed by atoms with Gasteiger partial charge in [0.15, 0.2) is 0 Å². The second kappa shape index (κ2) is 5.31. The van der Waals surface area contributed by atoms with Crippen molar-refractivity contribution in [2.45, 2.75) is 18.7 Å². The Bertz CT molecular complexity index is 1020. The maximum absolute atomic E-state index is 14.5. The highest BCUT2D eigenvalue weighted by atomic mass is 32.2. The van der Waals surface area contributed by atoms with Crippen LogP contribution in [-0.2, 0) is 10.0 Å². The molecular formula is C17H15FN2O2S. The number of benzene rings is 2. The summed E-state index contributed by atoms with van der Waals surface area (Å²) >= 11 is 0. The van der Waals surface area contributed by atoms with Crippen LogP contribution < -0.4 is 0 Å². The van der Waals surface area contributed by atoms with Gasteiger partial charge in [-0.3, -0.25) is 0 Å². The first kappa shape index (κ1) is 15.4. The normalized spacial score (nSPS) is 11.8. The molecule has 0 unspecified atom stereocenters. The third kappa shape index (κ3) is 2.45. The molecule has 1 N–H and O–H groups in total. The van der Waals surface area contributed by atoms with Crippen molar-refractivity contribution in [3.63, 3.8) is 0 Å². The molecule has 3 rings (SSSR count). The molecule has 0 aliphatic carbocycles. The van der Waals surface area contributed by atoms with Crippen LogP contribution in [0, 0.1) is 18.2 Å². The molecule has 0 bridgehead atoms. The standard InChI is InChI=1S/C17H15FN2O2S/c1-11-8-14-9-13(12(2)19)10-16(18)17(14)20(11)23(21,22)15-6-4-3-5-7-15/h3-10,19H,1-2H3. The maximum atomic E-state index is 14.5. The van der Waals surface area contributed by atoms with Gasteiger partial charge >= 0.3 is 0 Å². The summed E-state index contributed by atoms with van der Waals surface area (Å²) in [5, 5.41) is 8.10. The Morgan fingerprint density at radius 1 is 1.13 bits per heavy atom. The number of nitrogens with zero attached hydrogens (tertiary/aromatic N) is 1.